The van der Waals surface area contributed by atoms with Gasteiger partial charge in [0.05, 0.1) is 22.3 Å². The van der Waals surface area contributed by atoms with E-state index in [1.807, 2.05) is 72.8 Å². The van der Waals surface area contributed by atoms with Crippen molar-refractivity contribution in [2.24, 2.45) is 0 Å². The normalized spacial score (nSPS) is 14.7. The van der Waals surface area contributed by atoms with Gasteiger partial charge in [0, 0.05) is 5.66 Å². The Morgan fingerprint density at radius 1 is 0.473 bits per heavy atom. The number of alkyl halides is 12. The number of halogens is 12. The lowest BCUT2D eigenvalue weighted by atomic mass is 10.0. The highest BCUT2D eigenvalue weighted by Crippen LogP contribution is 2.51. The van der Waals surface area contributed by atoms with Gasteiger partial charge in [-0.3, -0.25) is 0 Å². The van der Waals surface area contributed by atoms with E-state index >= 15 is 0 Å². The van der Waals surface area contributed by atoms with Crippen molar-refractivity contribution in [3.05, 3.63) is 167 Å². The number of rotatable bonds is 8. The predicted molar refractivity (Wildman–Crippen MR) is 194 cm³/mol. The molecule has 0 fully saturated rings. The fraction of sp³-hybridized carbons (Fsp3) is 0.171. The van der Waals surface area contributed by atoms with E-state index in [0.717, 1.165) is 15.9 Å². The molecular formula is C41H28F12P2. The highest BCUT2D eigenvalue weighted by atomic mass is 31.1. The second-order valence-corrected chi connectivity index (χ2v) is 17.4. The van der Waals surface area contributed by atoms with Crippen LogP contribution in [0.25, 0.3) is 5.57 Å². The second kappa shape index (κ2) is 15.3. The number of hydrogen-bond acceptors (Lipinski definition) is 0. The maximum atomic E-state index is 14.2. The first-order valence-electron chi connectivity index (χ1n) is 16.5. The molecule has 0 amide bonds. The minimum absolute atomic E-state index is 0.0917. The summed E-state index contributed by atoms with van der Waals surface area (Å²) in [5.41, 5.74) is -6.47. The standard InChI is InChI=1S/C41H28F12P2/c1-25(34-16-10-17-35(34)36-15-8-9-18-37(36)55(30-11-4-2-5-12-30)31-13-6-3-7-14-31)54(32-21-26(38(42,43)44)19-27(22-32)39(45,46)47)33-23-28(40(48,49)50)20-29(24-33)41(51,52)53/h2-15,17-25H,16H2,1H3/t25-/m1/s1. The van der Waals surface area contributed by atoms with E-state index in [9.17, 15) is 52.7 Å². The third-order valence-corrected chi connectivity index (χ3v) is 14.2. The lowest BCUT2D eigenvalue weighted by molar-refractivity contribution is -0.144. The zero-order valence-electron chi connectivity index (χ0n) is 28.4. The summed E-state index contributed by atoms with van der Waals surface area (Å²) >= 11 is 0. The SMILES string of the molecule is C[C@H](C1=C(c2ccccc2P(c2ccccc2)c2ccccc2)C=CC1)P(c1cc(C(F)(F)F)cc(C(F)(F)F)c1)c1cc(C(F)(F)F)cc(C(F)(F)F)c1. The van der Waals surface area contributed by atoms with Gasteiger partial charge in [-0.2, -0.15) is 52.7 Å². The minimum Gasteiger partial charge on any atom is -0.166 e. The smallest absolute Gasteiger partial charge is 0.166 e. The Morgan fingerprint density at radius 3 is 1.25 bits per heavy atom. The summed E-state index contributed by atoms with van der Waals surface area (Å²) in [4.78, 5) is 0. The molecule has 1 atom stereocenters. The molecule has 0 nitrogen and oxygen atoms in total. The second-order valence-electron chi connectivity index (χ2n) is 12.6. The Morgan fingerprint density at radius 2 is 0.855 bits per heavy atom. The maximum Gasteiger partial charge on any atom is 0.416 e. The minimum atomic E-state index is -5.32. The Hall–Kier alpha value is -4.40. The molecule has 0 heterocycles. The van der Waals surface area contributed by atoms with Crippen molar-refractivity contribution in [2.75, 3.05) is 0 Å². The summed E-state index contributed by atoms with van der Waals surface area (Å²) in [5, 5.41) is 1.40. The van der Waals surface area contributed by atoms with Gasteiger partial charge in [0.15, 0.2) is 0 Å². The molecule has 0 spiro atoms. The first-order chi connectivity index (χ1) is 25.7. The molecule has 0 N–H and O–H groups in total. The third kappa shape index (κ3) is 8.86. The van der Waals surface area contributed by atoms with Crippen LogP contribution < -0.4 is 26.5 Å². The van der Waals surface area contributed by atoms with Crippen LogP contribution in [-0.4, -0.2) is 5.66 Å². The highest BCUT2D eigenvalue weighted by molar-refractivity contribution is 7.80. The summed E-state index contributed by atoms with van der Waals surface area (Å²) in [7, 11) is -4.06. The molecular weight excluding hydrogens is 782 g/mol. The van der Waals surface area contributed by atoms with E-state index in [2.05, 4.69) is 0 Å². The molecule has 0 aromatic heterocycles. The van der Waals surface area contributed by atoms with E-state index in [4.69, 9.17) is 0 Å². The molecule has 0 saturated heterocycles. The summed E-state index contributed by atoms with van der Waals surface area (Å²) in [6.45, 7) is 1.43. The molecule has 0 saturated carbocycles. The van der Waals surface area contributed by atoms with Crippen LogP contribution in [0.4, 0.5) is 52.7 Å². The first-order valence-corrected chi connectivity index (χ1v) is 19.3. The molecule has 286 valence electrons. The van der Waals surface area contributed by atoms with Crippen LogP contribution in [0.3, 0.4) is 0 Å². The van der Waals surface area contributed by atoms with Gasteiger partial charge in [-0.15, -0.1) is 0 Å². The first kappa shape index (κ1) is 40.3. The molecule has 1 aliphatic carbocycles. The average molecular weight is 811 g/mol. The van der Waals surface area contributed by atoms with Gasteiger partial charge in [0.2, 0.25) is 0 Å². The van der Waals surface area contributed by atoms with Crippen LogP contribution >= 0.6 is 15.8 Å². The zero-order valence-corrected chi connectivity index (χ0v) is 30.2. The van der Waals surface area contributed by atoms with Crippen molar-refractivity contribution in [1.82, 2.24) is 0 Å². The Labute approximate surface area is 310 Å². The lowest BCUT2D eigenvalue weighted by Crippen LogP contribution is -2.27. The molecule has 5 aromatic carbocycles. The number of allylic oxidation sites excluding steroid dienone is 4. The number of hydrogen-bond donors (Lipinski definition) is 0. The van der Waals surface area contributed by atoms with Crippen LogP contribution in [-0.2, 0) is 24.7 Å². The third-order valence-electron chi connectivity index (χ3n) is 9.02. The Kier molecular flexibility index (Phi) is 11.2. The van der Waals surface area contributed by atoms with E-state index in [-0.39, 0.29) is 18.6 Å². The number of benzene rings is 5. The van der Waals surface area contributed by atoms with Gasteiger partial charge in [-0.25, -0.2) is 0 Å². The molecule has 5 aromatic rings. The largest absolute Gasteiger partial charge is 0.416 e. The molecule has 14 heteroatoms. The van der Waals surface area contributed by atoms with Crippen molar-refractivity contribution in [1.29, 1.82) is 0 Å². The van der Waals surface area contributed by atoms with Crippen LogP contribution in [0.2, 0.25) is 0 Å². The monoisotopic (exact) mass is 810 g/mol. The molecule has 6 rings (SSSR count). The van der Waals surface area contributed by atoms with Crippen molar-refractivity contribution < 1.29 is 52.7 Å². The van der Waals surface area contributed by atoms with Crippen molar-refractivity contribution in [3.8, 4) is 0 Å². The molecule has 0 bridgehead atoms. The van der Waals surface area contributed by atoms with Gasteiger partial charge in [0.25, 0.3) is 0 Å². The Bertz CT molecular complexity index is 2040. The quantitative estimate of drug-likeness (QED) is 0.108. The molecule has 1 aliphatic rings. The predicted octanol–water partition coefficient (Wildman–Crippen LogP) is 11.8. The molecule has 0 radical (unpaired) electrons. The van der Waals surface area contributed by atoms with Crippen molar-refractivity contribution >= 4 is 47.9 Å². The topological polar surface area (TPSA) is 0 Å². The van der Waals surface area contributed by atoms with E-state index in [0.29, 0.717) is 41.0 Å². The molecule has 0 unspecified atom stereocenters. The van der Waals surface area contributed by atoms with E-state index in [1.165, 1.54) is 6.92 Å². The van der Waals surface area contributed by atoms with E-state index in [1.54, 1.807) is 24.3 Å². The summed E-state index contributed by atoms with van der Waals surface area (Å²) in [5.74, 6) is 0. The summed E-state index contributed by atoms with van der Waals surface area (Å²) in [6.07, 6.45) is -17.8. The van der Waals surface area contributed by atoms with Crippen molar-refractivity contribution in [2.45, 2.75) is 43.7 Å². The van der Waals surface area contributed by atoms with Gasteiger partial charge in [-0.05, 0) is 96.3 Å². The summed E-state index contributed by atoms with van der Waals surface area (Å²) < 4.78 is 170. The average Bonchev–Trinajstić information content (AvgIpc) is 3.61. The van der Waals surface area contributed by atoms with Crippen LogP contribution in [0.5, 0.6) is 0 Å². The maximum absolute atomic E-state index is 14.2. The van der Waals surface area contributed by atoms with Gasteiger partial charge in [-0.1, -0.05) is 110 Å². The molecule has 55 heavy (non-hydrogen) atoms. The lowest BCUT2D eigenvalue weighted by Gasteiger charge is -2.31. The van der Waals surface area contributed by atoms with Crippen molar-refractivity contribution in [3.63, 3.8) is 0 Å². The van der Waals surface area contributed by atoms with Crippen LogP contribution in [0.1, 0.15) is 41.2 Å². The molecule has 0 aliphatic heterocycles. The van der Waals surface area contributed by atoms with Crippen LogP contribution in [0.15, 0.2) is 139 Å². The van der Waals surface area contributed by atoms with Gasteiger partial charge in [0.1, 0.15) is 0 Å². The highest BCUT2D eigenvalue weighted by Gasteiger charge is 2.41. The zero-order chi connectivity index (χ0) is 39.9. The van der Waals surface area contributed by atoms with Gasteiger partial charge < -0.3 is 0 Å². The fourth-order valence-electron chi connectivity index (χ4n) is 6.56. The fourth-order valence-corrected chi connectivity index (χ4v) is 11.9. The van der Waals surface area contributed by atoms with Crippen LogP contribution in [0, 0.1) is 0 Å². The van der Waals surface area contributed by atoms with Gasteiger partial charge >= 0.3 is 24.7 Å². The Balaban J connectivity index is 1.63. The van der Waals surface area contributed by atoms with E-state index < -0.39 is 79.1 Å². The summed E-state index contributed by atoms with van der Waals surface area (Å²) in [6, 6.07) is 27.6.